The molecule has 0 aliphatic heterocycles. The van der Waals surface area contributed by atoms with E-state index in [-0.39, 0.29) is 18.7 Å². The van der Waals surface area contributed by atoms with E-state index in [1.165, 1.54) is 0 Å². The van der Waals surface area contributed by atoms with Gasteiger partial charge in [-0.2, -0.15) is 0 Å². The summed E-state index contributed by atoms with van der Waals surface area (Å²) in [5, 5.41) is 11.5. The Kier molecular flexibility index (Phi) is 4.88. The third-order valence-corrected chi connectivity index (χ3v) is 2.51. The normalized spacial score (nSPS) is 11.2. The summed E-state index contributed by atoms with van der Waals surface area (Å²) in [4.78, 5) is 29.2. The van der Waals surface area contributed by atoms with Gasteiger partial charge < -0.3 is 15.4 Å². The molecule has 3 N–H and O–H groups in total. The van der Waals surface area contributed by atoms with E-state index in [0.29, 0.717) is 13.0 Å². The zero-order valence-corrected chi connectivity index (χ0v) is 10.7. The van der Waals surface area contributed by atoms with Crippen molar-refractivity contribution in [1.29, 1.82) is 0 Å². The Morgan fingerprint density at radius 1 is 1.44 bits per heavy atom. The molecule has 0 saturated heterocycles. The van der Waals surface area contributed by atoms with Crippen molar-refractivity contribution in [3.8, 4) is 0 Å². The zero-order chi connectivity index (χ0) is 13.6. The number of hydrogen-bond donors (Lipinski definition) is 3. The van der Waals surface area contributed by atoms with Gasteiger partial charge in [0, 0.05) is 31.8 Å². The summed E-state index contributed by atoms with van der Waals surface area (Å²) < 4.78 is 0. The highest BCUT2D eigenvalue weighted by molar-refractivity contribution is 5.77. The van der Waals surface area contributed by atoms with Gasteiger partial charge in [-0.1, -0.05) is 13.8 Å². The topological polar surface area (TPSA) is 95.1 Å². The Labute approximate surface area is 106 Å². The molecular weight excluding hydrogens is 234 g/mol. The molecule has 1 amide bonds. The van der Waals surface area contributed by atoms with Crippen LogP contribution in [0.15, 0.2) is 12.4 Å². The number of aromatic nitrogens is 2. The molecule has 0 atom stereocenters. The summed E-state index contributed by atoms with van der Waals surface area (Å²) in [6, 6.07) is 0. The Bertz CT molecular complexity index is 399. The number of carbonyl (C=O) groups is 2. The van der Waals surface area contributed by atoms with Crippen molar-refractivity contribution in [1.82, 2.24) is 15.3 Å². The number of H-pyrrole nitrogens is 1. The van der Waals surface area contributed by atoms with Crippen molar-refractivity contribution in [3.63, 3.8) is 0 Å². The van der Waals surface area contributed by atoms with Gasteiger partial charge in [-0.05, 0) is 5.41 Å². The van der Waals surface area contributed by atoms with Gasteiger partial charge in [0.05, 0.1) is 6.42 Å². The molecule has 0 aliphatic rings. The van der Waals surface area contributed by atoms with Gasteiger partial charge in [-0.15, -0.1) is 0 Å². The van der Waals surface area contributed by atoms with E-state index in [0.717, 1.165) is 5.82 Å². The van der Waals surface area contributed by atoms with Gasteiger partial charge in [-0.25, -0.2) is 4.98 Å². The minimum Gasteiger partial charge on any atom is -0.481 e. The lowest BCUT2D eigenvalue weighted by Crippen LogP contribution is -2.31. The summed E-state index contributed by atoms with van der Waals surface area (Å²) in [6.07, 6.45) is 4.22. The van der Waals surface area contributed by atoms with E-state index < -0.39 is 11.4 Å². The van der Waals surface area contributed by atoms with Crippen LogP contribution in [0.1, 0.15) is 32.5 Å². The van der Waals surface area contributed by atoms with E-state index in [1.807, 2.05) is 0 Å². The third kappa shape index (κ3) is 5.47. The van der Waals surface area contributed by atoms with E-state index >= 15 is 0 Å². The molecule has 0 fully saturated rings. The summed E-state index contributed by atoms with van der Waals surface area (Å²) in [5.41, 5.74) is -0.527. The molecule has 1 aromatic heterocycles. The van der Waals surface area contributed by atoms with Crippen LogP contribution in [0.2, 0.25) is 0 Å². The van der Waals surface area contributed by atoms with Crippen LogP contribution in [0, 0.1) is 5.41 Å². The molecule has 0 radical (unpaired) electrons. The number of nitrogens with one attached hydrogen (secondary N) is 2. The van der Waals surface area contributed by atoms with Crippen LogP contribution in [0.25, 0.3) is 0 Å². The van der Waals surface area contributed by atoms with E-state index in [2.05, 4.69) is 15.3 Å². The standard InChI is InChI=1S/C12H19N3O3/c1-12(2,8-11(17)18)7-10(16)15-4-3-9-13-5-6-14-9/h5-6H,3-4,7-8H2,1-2H3,(H,13,14)(H,15,16)(H,17,18). The molecule has 6 nitrogen and oxygen atoms in total. The number of nitrogens with zero attached hydrogens (tertiary/aromatic N) is 1. The van der Waals surface area contributed by atoms with Crippen molar-refractivity contribution >= 4 is 11.9 Å². The smallest absolute Gasteiger partial charge is 0.303 e. The predicted octanol–water partition coefficient (Wildman–Crippen LogP) is 0.959. The van der Waals surface area contributed by atoms with Crippen molar-refractivity contribution in [2.75, 3.05) is 6.54 Å². The number of carboxylic acid groups (broad SMARTS) is 1. The molecule has 0 saturated carbocycles. The van der Waals surface area contributed by atoms with Gasteiger partial charge in [-0.3, -0.25) is 9.59 Å². The summed E-state index contributed by atoms with van der Waals surface area (Å²) >= 11 is 0. The first-order valence-corrected chi connectivity index (χ1v) is 5.86. The molecule has 1 rings (SSSR count). The molecule has 18 heavy (non-hydrogen) atoms. The number of rotatable bonds is 7. The summed E-state index contributed by atoms with van der Waals surface area (Å²) in [7, 11) is 0. The minimum absolute atomic E-state index is 0.0153. The summed E-state index contributed by atoms with van der Waals surface area (Å²) in [6.45, 7) is 4.04. The van der Waals surface area contributed by atoms with Crippen molar-refractivity contribution in [3.05, 3.63) is 18.2 Å². The molecule has 0 bridgehead atoms. The van der Waals surface area contributed by atoms with Gasteiger partial charge >= 0.3 is 5.97 Å². The van der Waals surface area contributed by atoms with Crippen LogP contribution in [-0.2, 0) is 16.0 Å². The monoisotopic (exact) mass is 253 g/mol. The highest BCUT2D eigenvalue weighted by Crippen LogP contribution is 2.24. The molecule has 1 aromatic rings. The molecule has 0 unspecified atom stereocenters. The maximum atomic E-state index is 11.6. The molecule has 1 heterocycles. The van der Waals surface area contributed by atoms with Crippen LogP contribution >= 0.6 is 0 Å². The fourth-order valence-corrected chi connectivity index (χ4v) is 1.72. The Hall–Kier alpha value is -1.85. The van der Waals surface area contributed by atoms with Crippen LogP contribution in [0.5, 0.6) is 0 Å². The second-order valence-corrected chi connectivity index (χ2v) is 5.05. The fraction of sp³-hybridized carbons (Fsp3) is 0.583. The zero-order valence-electron chi connectivity index (χ0n) is 10.7. The van der Waals surface area contributed by atoms with E-state index in [1.54, 1.807) is 26.2 Å². The second kappa shape index (κ2) is 6.18. The molecule has 0 aliphatic carbocycles. The highest BCUT2D eigenvalue weighted by atomic mass is 16.4. The number of carboxylic acids is 1. The number of hydrogen-bond acceptors (Lipinski definition) is 3. The molecule has 6 heteroatoms. The summed E-state index contributed by atoms with van der Waals surface area (Å²) in [5.74, 6) is -0.198. The maximum Gasteiger partial charge on any atom is 0.303 e. The first-order valence-electron chi connectivity index (χ1n) is 5.86. The second-order valence-electron chi connectivity index (χ2n) is 5.05. The number of carbonyl (C=O) groups excluding carboxylic acids is 1. The lowest BCUT2D eigenvalue weighted by atomic mass is 9.85. The average Bonchev–Trinajstić information content (AvgIpc) is 2.66. The predicted molar refractivity (Wildman–Crippen MR) is 66.0 cm³/mol. The van der Waals surface area contributed by atoms with Crippen molar-refractivity contribution in [2.45, 2.75) is 33.1 Å². The van der Waals surface area contributed by atoms with Gasteiger partial charge in [0.15, 0.2) is 0 Å². The highest BCUT2D eigenvalue weighted by Gasteiger charge is 2.24. The quantitative estimate of drug-likeness (QED) is 0.674. The SMILES string of the molecule is CC(C)(CC(=O)O)CC(=O)NCCc1ncc[nH]1. The first kappa shape index (κ1) is 14.2. The Morgan fingerprint density at radius 2 is 2.17 bits per heavy atom. The lowest BCUT2D eigenvalue weighted by Gasteiger charge is -2.21. The molecular formula is C12H19N3O3. The van der Waals surface area contributed by atoms with Crippen LogP contribution in [0.4, 0.5) is 0 Å². The fourth-order valence-electron chi connectivity index (χ4n) is 1.72. The van der Waals surface area contributed by atoms with Crippen LogP contribution in [0.3, 0.4) is 0 Å². The van der Waals surface area contributed by atoms with Crippen molar-refractivity contribution in [2.24, 2.45) is 5.41 Å². The molecule has 0 spiro atoms. The van der Waals surface area contributed by atoms with Crippen molar-refractivity contribution < 1.29 is 14.7 Å². The largest absolute Gasteiger partial charge is 0.481 e. The Balaban J connectivity index is 2.26. The number of imidazole rings is 1. The first-order chi connectivity index (χ1) is 8.39. The van der Waals surface area contributed by atoms with E-state index in [9.17, 15) is 9.59 Å². The number of amides is 1. The van der Waals surface area contributed by atoms with Gasteiger partial charge in [0.25, 0.3) is 0 Å². The van der Waals surface area contributed by atoms with Crippen LogP contribution < -0.4 is 5.32 Å². The Morgan fingerprint density at radius 3 is 2.72 bits per heavy atom. The number of aliphatic carboxylic acids is 1. The maximum absolute atomic E-state index is 11.6. The third-order valence-electron chi connectivity index (χ3n) is 2.51. The lowest BCUT2D eigenvalue weighted by molar-refractivity contribution is -0.139. The average molecular weight is 253 g/mol. The van der Waals surface area contributed by atoms with Gasteiger partial charge in [0.1, 0.15) is 5.82 Å². The van der Waals surface area contributed by atoms with Gasteiger partial charge in [0.2, 0.25) is 5.91 Å². The minimum atomic E-state index is -0.886. The van der Waals surface area contributed by atoms with Crippen LogP contribution in [-0.4, -0.2) is 33.5 Å². The molecule has 0 aromatic carbocycles. The van der Waals surface area contributed by atoms with E-state index in [4.69, 9.17) is 5.11 Å². The molecule has 100 valence electrons. The number of aromatic amines is 1.